The van der Waals surface area contributed by atoms with Crippen molar-refractivity contribution < 1.29 is 0 Å². The van der Waals surface area contributed by atoms with Crippen molar-refractivity contribution in [3.63, 3.8) is 0 Å². The molecule has 0 saturated heterocycles. The van der Waals surface area contributed by atoms with Gasteiger partial charge in [-0.3, -0.25) is 4.99 Å². The first-order valence-electron chi connectivity index (χ1n) is 12.1. The highest BCUT2D eigenvalue weighted by Gasteiger charge is 2.34. The summed E-state index contributed by atoms with van der Waals surface area (Å²) in [5.74, 6) is 0.956. The standard InChI is InChI=1S/C33H24N2/c1-4-16-25-22(10-1)13-7-19-28(25)31-32(29-20-8-14-23-11-2-5-17-26(23)29)35-33(34-31)30-21-9-15-24-12-3-6-18-27(24)30/h1-21,31-32H,(H,34,35)/t31-,32+. The van der Waals surface area contributed by atoms with E-state index in [1.165, 1.54) is 43.4 Å². The molecule has 0 fully saturated rings. The molecule has 1 heterocycles. The number of nitrogens with zero attached hydrogens (tertiary/aromatic N) is 1. The quantitative estimate of drug-likeness (QED) is 0.292. The zero-order valence-electron chi connectivity index (χ0n) is 19.2. The van der Waals surface area contributed by atoms with Crippen LogP contribution in [0.5, 0.6) is 0 Å². The molecule has 0 aromatic heterocycles. The lowest BCUT2D eigenvalue weighted by molar-refractivity contribution is 0.579. The van der Waals surface area contributed by atoms with E-state index in [-0.39, 0.29) is 12.1 Å². The lowest BCUT2D eigenvalue weighted by atomic mass is 9.89. The summed E-state index contributed by atoms with van der Waals surface area (Å²) >= 11 is 0. The average molecular weight is 449 g/mol. The molecule has 166 valence electrons. The van der Waals surface area contributed by atoms with Gasteiger partial charge in [0.05, 0.1) is 6.04 Å². The highest BCUT2D eigenvalue weighted by Crippen LogP contribution is 2.42. The first-order chi connectivity index (χ1) is 17.4. The summed E-state index contributed by atoms with van der Waals surface area (Å²) in [6, 6.07) is 45.5. The van der Waals surface area contributed by atoms with Crippen LogP contribution >= 0.6 is 0 Å². The maximum absolute atomic E-state index is 5.40. The molecule has 2 nitrogen and oxygen atoms in total. The van der Waals surface area contributed by atoms with E-state index < -0.39 is 0 Å². The molecule has 1 aliphatic heterocycles. The maximum atomic E-state index is 5.40. The lowest BCUT2D eigenvalue weighted by Gasteiger charge is -2.22. The Morgan fingerprint density at radius 2 is 0.943 bits per heavy atom. The number of nitrogens with one attached hydrogen (secondary N) is 1. The second kappa shape index (κ2) is 8.11. The van der Waals surface area contributed by atoms with E-state index in [1.54, 1.807) is 0 Å². The van der Waals surface area contributed by atoms with E-state index in [0.29, 0.717) is 0 Å². The summed E-state index contributed by atoms with van der Waals surface area (Å²) in [6.45, 7) is 0. The highest BCUT2D eigenvalue weighted by molar-refractivity contribution is 6.11. The van der Waals surface area contributed by atoms with Crippen molar-refractivity contribution in [2.45, 2.75) is 12.1 Å². The van der Waals surface area contributed by atoms with E-state index >= 15 is 0 Å². The predicted octanol–water partition coefficient (Wildman–Crippen LogP) is 7.98. The molecule has 0 saturated carbocycles. The summed E-state index contributed by atoms with van der Waals surface area (Å²) in [5.41, 5.74) is 3.68. The monoisotopic (exact) mass is 448 g/mol. The SMILES string of the molecule is c1ccc2c(C3=N[C@@H](c4cccc5ccccc45)[C@@H](c4cccc5ccccc45)N3)cccc2c1. The minimum Gasteiger partial charge on any atom is -0.360 e. The molecule has 0 radical (unpaired) electrons. The zero-order chi connectivity index (χ0) is 23.2. The van der Waals surface area contributed by atoms with Crippen LogP contribution in [0.4, 0.5) is 0 Å². The molecule has 0 unspecified atom stereocenters. The average Bonchev–Trinajstić information content (AvgIpc) is 3.37. The number of rotatable bonds is 3. The van der Waals surface area contributed by atoms with Gasteiger partial charge in [-0.15, -0.1) is 0 Å². The fourth-order valence-corrected chi connectivity index (χ4v) is 5.58. The Balaban J connectivity index is 1.46. The minimum absolute atomic E-state index is 0.0286. The van der Waals surface area contributed by atoms with Gasteiger partial charge in [0, 0.05) is 5.56 Å². The van der Waals surface area contributed by atoms with E-state index in [9.17, 15) is 0 Å². The van der Waals surface area contributed by atoms with Crippen LogP contribution in [0.3, 0.4) is 0 Å². The molecule has 0 aliphatic carbocycles. The van der Waals surface area contributed by atoms with Crippen molar-refractivity contribution in [2.75, 3.05) is 0 Å². The van der Waals surface area contributed by atoms with Crippen molar-refractivity contribution >= 4 is 38.2 Å². The van der Waals surface area contributed by atoms with E-state index in [4.69, 9.17) is 4.99 Å². The van der Waals surface area contributed by atoms with Crippen LogP contribution in [0.25, 0.3) is 32.3 Å². The normalized spacial score (nSPS) is 17.5. The third-order valence-corrected chi connectivity index (χ3v) is 7.22. The van der Waals surface area contributed by atoms with Crippen LogP contribution < -0.4 is 5.32 Å². The van der Waals surface area contributed by atoms with E-state index in [0.717, 1.165) is 11.4 Å². The Morgan fingerprint density at radius 3 is 1.63 bits per heavy atom. The smallest absolute Gasteiger partial charge is 0.130 e. The molecule has 6 aromatic carbocycles. The topological polar surface area (TPSA) is 24.4 Å². The van der Waals surface area contributed by atoms with Crippen LogP contribution in [-0.2, 0) is 0 Å². The van der Waals surface area contributed by atoms with Crippen LogP contribution in [-0.4, -0.2) is 5.84 Å². The largest absolute Gasteiger partial charge is 0.360 e. The molecule has 2 atom stereocenters. The minimum atomic E-state index is -0.0409. The van der Waals surface area contributed by atoms with E-state index in [1.807, 2.05) is 0 Å². The van der Waals surface area contributed by atoms with E-state index in [2.05, 4.69) is 133 Å². The maximum Gasteiger partial charge on any atom is 0.130 e. The summed E-state index contributed by atoms with van der Waals surface area (Å²) in [7, 11) is 0. The molecule has 6 aromatic rings. The number of hydrogen-bond acceptors (Lipinski definition) is 2. The zero-order valence-corrected chi connectivity index (χ0v) is 19.2. The Kier molecular flexibility index (Phi) is 4.63. The number of benzene rings is 6. The number of aliphatic imine (C=N–C) groups is 1. The summed E-state index contributed by atoms with van der Waals surface area (Å²) < 4.78 is 0. The van der Waals surface area contributed by atoms with Crippen molar-refractivity contribution in [3.05, 3.63) is 144 Å². The first kappa shape index (κ1) is 20.0. The molecule has 0 spiro atoms. The summed E-state index contributed by atoms with van der Waals surface area (Å²) in [4.78, 5) is 5.40. The van der Waals surface area contributed by atoms with Gasteiger partial charge in [0.15, 0.2) is 0 Å². The van der Waals surface area contributed by atoms with Crippen molar-refractivity contribution in [2.24, 2.45) is 4.99 Å². The predicted molar refractivity (Wildman–Crippen MR) is 147 cm³/mol. The Hall–Kier alpha value is -4.43. The van der Waals surface area contributed by atoms with Gasteiger partial charge >= 0.3 is 0 Å². The second-order valence-electron chi connectivity index (χ2n) is 9.21. The molecule has 1 N–H and O–H groups in total. The Morgan fingerprint density at radius 1 is 0.457 bits per heavy atom. The third kappa shape index (κ3) is 3.30. The number of fused-ring (bicyclic) bond motifs is 3. The summed E-state index contributed by atoms with van der Waals surface area (Å²) in [6.07, 6.45) is 0. The van der Waals surface area contributed by atoms with Gasteiger partial charge in [-0.1, -0.05) is 127 Å². The van der Waals surface area contributed by atoms with Crippen LogP contribution in [0.15, 0.2) is 132 Å². The van der Waals surface area contributed by atoms with Crippen molar-refractivity contribution in [3.8, 4) is 0 Å². The third-order valence-electron chi connectivity index (χ3n) is 7.22. The molecular weight excluding hydrogens is 424 g/mol. The molecule has 2 heteroatoms. The number of hydrogen-bond donors (Lipinski definition) is 1. The molecule has 7 rings (SSSR count). The Labute approximate surface area is 204 Å². The van der Waals surface area contributed by atoms with Gasteiger partial charge in [0.1, 0.15) is 11.9 Å². The molecular formula is C33H24N2. The molecule has 1 aliphatic rings. The lowest BCUT2D eigenvalue weighted by Crippen LogP contribution is -2.25. The van der Waals surface area contributed by atoms with Crippen molar-refractivity contribution in [1.82, 2.24) is 5.32 Å². The van der Waals surface area contributed by atoms with Gasteiger partial charge < -0.3 is 5.32 Å². The fourth-order valence-electron chi connectivity index (χ4n) is 5.58. The van der Waals surface area contributed by atoms with Gasteiger partial charge in [-0.25, -0.2) is 0 Å². The molecule has 0 amide bonds. The van der Waals surface area contributed by atoms with Gasteiger partial charge in [0.25, 0.3) is 0 Å². The number of amidine groups is 1. The van der Waals surface area contributed by atoms with Crippen molar-refractivity contribution in [1.29, 1.82) is 0 Å². The van der Waals surface area contributed by atoms with Crippen LogP contribution in [0, 0.1) is 0 Å². The van der Waals surface area contributed by atoms with Gasteiger partial charge in [-0.2, -0.15) is 0 Å². The van der Waals surface area contributed by atoms with Crippen LogP contribution in [0.1, 0.15) is 28.8 Å². The fraction of sp³-hybridized carbons (Fsp3) is 0.0606. The van der Waals surface area contributed by atoms with Gasteiger partial charge in [0.2, 0.25) is 0 Å². The second-order valence-corrected chi connectivity index (χ2v) is 9.21. The van der Waals surface area contributed by atoms with Gasteiger partial charge in [-0.05, 0) is 43.4 Å². The van der Waals surface area contributed by atoms with Crippen LogP contribution in [0.2, 0.25) is 0 Å². The molecule has 0 bridgehead atoms. The first-order valence-corrected chi connectivity index (χ1v) is 12.1. The molecule has 35 heavy (non-hydrogen) atoms. The Bertz CT molecular complexity index is 1730. The summed E-state index contributed by atoms with van der Waals surface area (Å²) in [5, 5.41) is 11.3. The highest BCUT2D eigenvalue weighted by atomic mass is 15.1.